The Morgan fingerprint density at radius 1 is 1.11 bits per heavy atom. The third-order valence-corrected chi connectivity index (χ3v) is 5.09. The number of esters is 1. The molecule has 28 heavy (non-hydrogen) atoms. The molecule has 0 spiro atoms. The molecule has 1 N–H and O–H groups in total. The van der Waals surface area contributed by atoms with Crippen LogP contribution >= 0.6 is 11.6 Å². The van der Waals surface area contributed by atoms with E-state index < -0.39 is 28.2 Å². The number of ether oxygens (including phenoxy) is 1. The van der Waals surface area contributed by atoms with E-state index in [1.54, 1.807) is 13.0 Å². The molecule has 0 fully saturated rings. The largest absolute Gasteiger partial charge is 0.481 e. The molecule has 7 nitrogen and oxygen atoms in total. The van der Waals surface area contributed by atoms with Crippen LogP contribution in [0.4, 0.5) is 0 Å². The summed E-state index contributed by atoms with van der Waals surface area (Å²) < 4.78 is 28.4. The summed E-state index contributed by atoms with van der Waals surface area (Å²) in [6.45, 7) is 1.68. The SMILES string of the molecule is CCOC(=O)C(CC(=O)O)=C(c1ccc(S(C)(=O)=O)cc1)c1ccc(Cl)nc1. The van der Waals surface area contributed by atoms with Crippen LogP contribution in [0.15, 0.2) is 53.1 Å². The third kappa shape index (κ3) is 5.40. The number of aromatic nitrogens is 1. The van der Waals surface area contributed by atoms with E-state index in [0.29, 0.717) is 11.1 Å². The van der Waals surface area contributed by atoms with Gasteiger partial charge in [-0.15, -0.1) is 0 Å². The van der Waals surface area contributed by atoms with Gasteiger partial charge in [0.05, 0.1) is 23.5 Å². The van der Waals surface area contributed by atoms with Crippen molar-refractivity contribution >= 4 is 38.9 Å². The van der Waals surface area contributed by atoms with E-state index in [4.69, 9.17) is 16.3 Å². The molecule has 0 unspecified atom stereocenters. The van der Waals surface area contributed by atoms with Gasteiger partial charge in [-0.25, -0.2) is 18.2 Å². The van der Waals surface area contributed by atoms with Crippen LogP contribution in [0.3, 0.4) is 0 Å². The maximum absolute atomic E-state index is 12.5. The molecule has 0 aliphatic heterocycles. The number of hydrogen-bond acceptors (Lipinski definition) is 6. The number of benzene rings is 1. The Labute approximate surface area is 167 Å². The van der Waals surface area contributed by atoms with Gasteiger partial charge in [0.2, 0.25) is 0 Å². The quantitative estimate of drug-likeness (QED) is 0.414. The first-order valence-corrected chi connectivity index (χ1v) is 10.4. The van der Waals surface area contributed by atoms with Crippen LogP contribution in [-0.2, 0) is 24.2 Å². The summed E-state index contributed by atoms with van der Waals surface area (Å²) in [5.74, 6) is -1.99. The highest BCUT2D eigenvalue weighted by molar-refractivity contribution is 7.90. The zero-order chi connectivity index (χ0) is 20.9. The average Bonchev–Trinajstić information content (AvgIpc) is 2.62. The Morgan fingerprint density at radius 3 is 2.18 bits per heavy atom. The van der Waals surface area contributed by atoms with Crippen LogP contribution in [-0.4, -0.2) is 43.3 Å². The first kappa shape index (κ1) is 21.6. The molecule has 0 saturated heterocycles. The molecule has 0 atom stereocenters. The molecule has 1 aromatic carbocycles. The van der Waals surface area contributed by atoms with Gasteiger partial charge in [-0.2, -0.15) is 0 Å². The summed E-state index contributed by atoms with van der Waals surface area (Å²) in [5, 5.41) is 9.51. The topological polar surface area (TPSA) is 111 Å². The molecule has 9 heteroatoms. The lowest BCUT2D eigenvalue weighted by molar-refractivity contribution is -0.142. The second-order valence-corrected chi connectivity index (χ2v) is 8.21. The van der Waals surface area contributed by atoms with Crippen molar-refractivity contribution in [1.29, 1.82) is 0 Å². The Balaban J connectivity index is 2.75. The fraction of sp³-hybridized carbons (Fsp3) is 0.211. The van der Waals surface area contributed by atoms with Crippen molar-refractivity contribution < 1.29 is 27.9 Å². The molecule has 1 aromatic heterocycles. The molecule has 0 bridgehead atoms. The molecule has 0 saturated carbocycles. The Kier molecular flexibility index (Phi) is 6.93. The second-order valence-electron chi connectivity index (χ2n) is 5.81. The predicted octanol–water partition coefficient (Wildman–Crippen LogP) is 2.98. The first-order chi connectivity index (χ1) is 13.1. The number of aliphatic carboxylic acids is 1. The van der Waals surface area contributed by atoms with Crippen molar-refractivity contribution in [3.05, 3.63) is 64.4 Å². The summed E-state index contributed by atoms with van der Waals surface area (Å²) in [4.78, 5) is 27.9. The van der Waals surface area contributed by atoms with Crippen molar-refractivity contribution in [2.24, 2.45) is 0 Å². The molecule has 2 aromatic rings. The van der Waals surface area contributed by atoms with E-state index in [0.717, 1.165) is 6.26 Å². The number of nitrogens with zero attached hydrogens (tertiary/aromatic N) is 1. The van der Waals surface area contributed by atoms with Crippen molar-refractivity contribution in [2.45, 2.75) is 18.2 Å². The number of carboxylic acids is 1. The zero-order valence-electron chi connectivity index (χ0n) is 15.2. The number of carbonyl (C=O) groups is 2. The molecular weight excluding hydrogens is 406 g/mol. The van der Waals surface area contributed by atoms with Crippen LogP contribution in [0.1, 0.15) is 24.5 Å². The van der Waals surface area contributed by atoms with Crippen LogP contribution in [0.25, 0.3) is 5.57 Å². The van der Waals surface area contributed by atoms with Crippen LogP contribution in [0.2, 0.25) is 5.15 Å². The fourth-order valence-corrected chi connectivity index (χ4v) is 3.28. The fourth-order valence-electron chi connectivity index (χ4n) is 2.54. The monoisotopic (exact) mass is 423 g/mol. The number of carboxylic acid groups (broad SMARTS) is 1. The van der Waals surface area contributed by atoms with Gasteiger partial charge in [0.1, 0.15) is 5.15 Å². The lowest BCUT2D eigenvalue weighted by Gasteiger charge is -2.15. The predicted molar refractivity (Wildman–Crippen MR) is 104 cm³/mol. The summed E-state index contributed by atoms with van der Waals surface area (Å²) in [6.07, 6.45) is 1.91. The van der Waals surface area contributed by atoms with Gasteiger partial charge >= 0.3 is 11.9 Å². The molecule has 1 heterocycles. The number of pyridine rings is 1. The third-order valence-electron chi connectivity index (χ3n) is 3.74. The van der Waals surface area contributed by atoms with Crippen LogP contribution in [0.5, 0.6) is 0 Å². The van der Waals surface area contributed by atoms with E-state index in [9.17, 15) is 23.1 Å². The standard InChI is InChI=1S/C19H18ClNO6S/c1-3-27-19(24)15(10-17(22)23)18(13-6-9-16(20)21-11-13)12-4-7-14(8-5-12)28(2,25)26/h4-9,11H,3,10H2,1-2H3,(H,22,23). The van der Waals surface area contributed by atoms with Crippen LogP contribution < -0.4 is 0 Å². The van der Waals surface area contributed by atoms with E-state index in [1.165, 1.54) is 36.5 Å². The highest BCUT2D eigenvalue weighted by atomic mass is 35.5. The number of hydrogen-bond donors (Lipinski definition) is 1. The van der Waals surface area contributed by atoms with Gasteiger partial charge < -0.3 is 9.84 Å². The number of sulfone groups is 1. The highest BCUT2D eigenvalue weighted by Gasteiger charge is 2.23. The van der Waals surface area contributed by atoms with Crippen molar-refractivity contribution in [3.8, 4) is 0 Å². The molecule has 0 aliphatic rings. The van der Waals surface area contributed by atoms with Gasteiger partial charge in [0.15, 0.2) is 9.84 Å². The lowest BCUT2D eigenvalue weighted by atomic mass is 9.92. The van der Waals surface area contributed by atoms with Crippen LogP contribution in [0, 0.1) is 0 Å². The minimum absolute atomic E-state index is 0.0706. The normalized spacial score (nSPS) is 12.2. The van der Waals surface area contributed by atoms with Crippen molar-refractivity contribution in [3.63, 3.8) is 0 Å². The molecule has 0 aliphatic carbocycles. The summed E-state index contributed by atoms with van der Waals surface area (Å²) in [7, 11) is -3.41. The van der Waals surface area contributed by atoms with E-state index in [2.05, 4.69) is 4.98 Å². The smallest absolute Gasteiger partial charge is 0.335 e. The van der Waals surface area contributed by atoms with Gasteiger partial charge in [0, 0.05) is 23.6 Å². The van der Waals surface area contributed by atoms with Gasteiger partial charge in [-0.3, -0.25) is 4.79 Å². The number of halogens is 1. The van der Waals surface area contributed by atoms with Gasteiger partial charge in [-0.1, -0.05) is 23.7 Å². The molecular formula is C19H18ClNO6S. The molecule has 2 rings (SSSR count). The highest BCUT2D eigenvalue weighted by Crippen LogP contribution is 2.30. The van der Waals surface area contributed by atoms with E-state index in [1.807, 2.05) is 0 Å². The maximum atomic E-state index is 12.5. The van der Waals surface area contributed by atoms with Crippen molar-refractivity contribution in [2.75, 3.05) is 12.9 Å². The Hall–Kier alpha value is -2.71. The maximum Gasteiger partial charge on any atom is 0.335 e. The second kappa shape index (κ2) is 8.99. The minimum atomic E-state index is -3.41. The van der Waals surface area contributed by atoms with Gasteiger partial charge in [0.25, 0.3) is 0 Å². The molecule has 0 radical (unpaired) electrons. The molecule has 148 valence electrons. The minimum Gasteiger partial charge on any atom is -0.481 e. The molecule has 0 amide bonds. The Bertz CT molecular complexity index is 1010. The number of rotatable bonds is 7. The summed E-state index contributed by atoms with van der Waals surface area (Å²) >= 11 is 5.83. The zero-order valence-corrected chi connectivity index (χ0v) is 16.7. The Morgan fingerprint density at radius 2 is 1.71 bits per heavy atom. The van der Waals surface area contributed by atoms with E-state index >= 15 is 0 Å². The van der Waals surface area contributed by atoms with E-state index in [-0.39, 0.29) is 27.8 Å². The first-order valence-electron chi connectivity index (χ1n) is 8.18. The lowest BCUT2D eigenvalue weighted by Crippen LogP contribution is -2.14. The van der Waals surface area contributed by atoms with Crippen molar-refractivity contribution in [1.82, 2.24) is 4.98 Å². The number of carbonyl (C=O) groups excluding carboxylic acids is 1. The summed E-state index contributed by atoms with van der Waals surface area (Å²) in [6, 6.07) is 8.87. The average molecular weight is 424 g/mol. The summed E-state index contributed by atoms with van der Waals surface area (Å²) in [5.41, 5.74) is 1.09. The van der Waals surface area contributed by atoms with Gasteiger partial charge in [-0.05, 0) is 36.8 Å².